The van der Waals surface area contributed by atoms with Crippen LogP contribution in [0.5, 0.6) is 0 Å². The molecule has 0 radical (unpaired) electrons. The Balaban J connectivity index is 0. The lowest BCUT2D eigenvalue weighted by molar-refractivity contribution is -0.107. The Kier molecular flexibility index (Phi) is 10.3. The topological polar surface area (TPSA) is 37.3 Å². The van der Waals surface area contributed by atoms with Gasteiger partial charge >= 0.3 is 0 Å². The monoisotopic (exact) mass is 156 g/mol. The minimum Gasteiger partial charge on any atom is -0.396 e. The Morgan fingerprint density at radius 1 is 1.75 bits per heavy atom. The van der Waals surface area contributed by atoms with Crippen molar-refractivity contribution in [2.45, 2.75) is 12.1 Å². The van der Waals surface area contributed by atoms with Crippen LogP contribution in [0.4, 0.5) is 0 Å². The summed E-state index contributed by atoms with van der Waals surface area (Å²) in [6.07, 6.45) is 1.23. The molecule has 0 heterocycles. The van der Waals surface area contributed by atoms with E-state index in [4.69, 9.17) is 5.11 Å². The molecule has 0 aliphatic rings. The van der Waals surface area contributed by atoms with Crippen LogP contribution >= 0.6 is 21.6 Å². The molecular weight excluding hydrogens is 146 g/mol. The lowest BCUT2D eigenvalue weighted by Crippen LogP contribution is -2.02. The number of aliphatic hydroxyl groups is 1. The van der Waals surface area contributed by atoms with Gasteiger partial charge in [-0.25, -0.2) is 0 Å². The number of carbonyl (C=O) groups excluding carboxylic acids is 1. The van der Waals surface area contributed by atoms with Crippen LogP contribution < -0.4 is 0 Å². The molecule has 4 heteroatoms. The van der Waals surface area contributed by atoms with Crippen LogP contribution in [-0.2, 0) is 4.79 Å². The maximum Gasteiger partial charge on any atom is 0.120 e. The molecule has 0 aromatic carbocycles. The quantitative estimate of drug-likeness (QED) is 0.469. The highest BCUT2D eigenvalue weighted by Crippen LogP contribution is 1.99. The molecule has 0 aliphatic heterocycles. The largest absolute Gasteiger partial charge is 0.396 e. The van der Waals surface area contributed by atoms with E-state index in [1.807, 2.05) is 0 Å². The van der Waals surface area contributed by atoms with Crippen LogP contribution in [0.25, 0.3) is 0 Å². The van der Waals surface area contributed by atoms with Crippen molar-refractivity contribution < 1.29 is 9.90 Å². The van der Waals surface area contributed by atoms with Gasteiger partial charge in [-0.05, 0) is 0 Å². The molecule has 0 aromatic heterocycles. The summed E-state index contributed by atoms with van der Waals surface area (Å²) in [5.74, 6) is 0. The fraction of sp³-hybridized carbons (Fsp3) is 0.750. The van der Waals surface area contributed by atoms with E-state index in [9.17, 15) is 4.79 Å². The number of aliphatic hydroxyl groups excluding tert-OH is 1. The van der Waals surface area contributed by atoms with Crippen molar-refractivity contribution in [3.63, 3.8) is 0 Å². The SMILES string of the molecule is Cl.O=CCC(P)CO. The average Bonchev–Trinajstić information content (AvgIpc) is 1.68. The highest BCUT2D eigenvalue weighted by atomic mass is 35.5. The number of hydrogen-bond acceptors (Lipinski definition) is 2. The van der Waals surface area contributed by atoms with Crippen LogP contribution in [0.2, 0.25) is 0 Å². The van der Waals surface area contributed by atoms with Crippen molar-refractivity contribution in [3.05, 3.63) is 0 Å². The van der Waals surface area contributed by atoms with Crippen LogP contribution in [-0.4, -0.2) is 23.7 Å². The second kappa shape index (κ2) is 7.35. The first-order chi connectivity index (χ1) is 3.31. The molecule has 0 fully saturated rings. The second-order valence-electron chi connectivity index (χ2n) is 1.35. The van der Waals surface area contributed by atoms with E-state index in [-0.39, 0.29) is 24.7 Å². The van der Waals surface area contributed by atoms with Crippen molar-refractivity contribution >= 4 is 27.9 Å². The maximum atomic E-state index is 9.65. The van der Waals surface area contributed by atoms with E-state index in [1.54, 1.807) is 0 Å². The van der Waals surface area contributed by atoms with Gasteiger partial charge in [-0.15, -0.1) is 21.6 Å². The van der Waals surface area contributed by atoms with E-state index in [0.717, 1.165) is 6.29 Å². The molecule has 2 atom stereocenters. The first-order valence-corrected chi connectivity index (χ1v) is 2.78. The van der Waals surface area contributed by atoms with Gasteiger partial charge in [-0.2, -0.15) is 0 Å². The minimum atomic E-state index is 0. The minimum absolute atomic E-state index is 0. The normalized spacial score (nSPS) is 11.8. The van der Waals surface area contributed by atoms with Crippen LogP contribution in [0.15, 0.2) is 0 Å². The van der Waals surface area contributed by atoms with Gasteiger partial charge in [-0.1, -0.05) is 0 Å². The Morgan fingerprint density at radius 3 is 2.38 bits per heavy atom. The summed E-state index contributed by atoms with van der Waals surface area (Å²) >= 11 is 0. The molecule has 50 valence electrons. The van der Waals surface area contributed by atoms with Crippen molar-refractivity contribution in [1.29, 1.82) is 0 Å². The summed E-state index contributed by atoms with van der Waals surface area (Å²) in [6, 6.07) is 0. The zero-order chi connectivity index (χ0) is 5.70. The zero-order valence-corrected chi connectivity index (χ0v) is 6.38. The number of carbonyl (C=O) groups is 1. The van der Waals surface area contributed by atoms with E-state index < -0.39 is 0 Å². The van der Waals surface area contributed by atoms with Gasteiger partial charge in [0.15, 0.2) is 0 Å². The number of aldehydes is 1. The molecule has 0 saturated heterocycles. The number of halogens is 1. The number of hydrogen-bond donors (Lipinski definition) is 1. The second-order valence-corrected chi connectivity index (χ2v) is 2.29. The standard InChI is InChI=1S/C4H9O2P.ClH/c5-2-1-4(7)3-6;/h2,4,6H,1,3,7H2;1H. The molecule has 1 N–H and O–H groups in total. The molecule has 2 unspecified atom stereocenters. The smallest absolute Gasteiger partial charge is 0.120 e. The summed E-state index contributed by atoms with van der Waals surface area (Å²) in [5, 5.41) is 8.29. The van der Waals surface area contributed by atoms with Gasteiger partial charge in [0, 0.05) is 18.7 Å². The predicted octanol–water partition coefficient (Wildman–Crippen LogP) is 0.233. The highest BCUT2D eigenvalue weighted by Gasteiger charge is 1.94. The first-order valence-electron chi connectivity index (χ1n) is 2.11. The summed E-state index contributed by atoms with van der Waals surface area (Å²) in [5.41, 5.74) is 0.0532. The molecule has 0 bridgehead atoms. The van der Waals surface area contributed by atoms with Gasteiger partial charge in [-0.3, -0.25) is 0 Å². The molecule has 0 amide bonds. The van der Waals surface area contributed by atoms with Crippen molar-refractivity contribution in [2.24, 2.45) is 0 Å². The molecule has 0 spiro atoms. The lowest BCUT2D eigenvalue weighted by atomic mass is 10.3. The fourth-order valence-electron chi connectivity index (χ4n) is 0.198. The third-order valence-corrected chi connectivity index (χ3v) is 1.12. The van der Waals surface area contributed by atoms with Crippen LogP contribution in [0.1, 0.15) is 6.42 Å². The van der Waals surface area contributed by atoms with E-state index in [0.29, 0.717) is 6.42 Å². The van der Waals surface area contributed by atoms with Crippen LogP contribution in [0, 0.1) is 0 Å². The van der Waals surface area contributed by atoms with Gasteiger partial charge < -0.3 is 9.90 Å². The van der Waals surface area contributed by atoms with Gasteiger partial charge in [0.05, 0.1) is 0 Å². The Morgan fingerprint density at radius 2 is 2.25 bits per heavy atom. The Hall–Kier alpha value is 0.350. The lowest BCUT2D eigenvalue weighted by Gasteiger charge is -1.97. The molecule has 0 aliphatic carbocycles. The van der Waals surface area contributed by atoms with E-state index in [1.165, 1.54) is 0 Å². The number of rotatable bonds is 3. The fourth-order valence-corrected chi connectivity index (χ4v) is 0.309. The Bertz CT molecular complexity index is 60.0. The molecule has 8 heavy (non-hydrogen) atoms. The van der Waals surface area contributed by atoms with Crippen LogP contribution in [0.3, 0.4) is 0 Å². The van der Waals surface area contributed by atoms with Gasteiger partial charge in [0.2, 0.25) is 0 Å². The zero-order valence-electron chi connectivity index (χ0n) is 4.41. The predicted molar refractivity (Wildman–Crippen MR) is 38.5 cm³/mol. The van der Waals surface area contributed by atoms with Crippen molar-refractivity contribution in [3.8, 4) is 0 Å². The molecular formula is C4H10ClO2P. The maximum absolute atomic E-state index is 9.65. The first kappa shape index (κ1) is 11.2. The summed E-state index contributed by atoms with van der Waals surface area (Å²) in [6.45, 7) is 0.0728. The summed E-state index contributed by atoms with van der Waals surface area (Å²) in [7, 11) is 2.37. The van der Waals surface area contributed by atoms with E-state index >= 15 is 0 Å². The summed E-state index contributed by atoms with van der Waals surface area (Å²) in [4.78, 5) is 9.65. The average molecular weight is 157 g/mol. The highest BCUT2D eigenvalue weighted by molar-refractivity contribution is 7.17. The molecule has 0 saturated carbocycles. The van der Waals surface area contributed by atoms with Gasteiger partial charge in [0.25, 0.3) is 0 Å². The third-order valence-electron chi connectivity index (χ3n) is 0.633. The Labute approximate surface area is 57.3 Å². The molecule has 0 aromatic rings. The van der Waals surface area contributed by atoms with Crippen molar-refractivity contribution in [2.75, 3.05) is 6.61 Å². The molecule has 2 nitrogen and oxygen atoms in total. The van der Waals surface area contributed by atoms with E-state index in [2.05, 4.69) is 9.24 Å². The third kappa shape index (κ3) is 6.35. The summed E-state index contributed by atoms with van der Waals surface area (Å²) < 4.78 is 0. The van der Waals surface area contributed by atoms with Crippen molar-refractivity contribution in [1.82, 2.24) is 0 Å². The van der Waals surface area contributed by atoms with Gasteiger partial charge in [0.1, 0.15) is 6.29 Å². The molecule has 0 rings (SSSR count).